The first-order valence-electron chi connectivity index (χ1n) is 4.66. The summed E-state index contributed by atoms with van der Waals surface area (Å²) in [4.78, 5) is 13.7. The molecule has 2 N–H and O–H groups in total. The number of aryl methyl sites for hydroxylation is 1. The van der Waals surface area contributed by atoms with Gasteiger partial charge in [-0.3, -0.25) is 0 Å². The lowest BCUT2D eigenvalue weighted by atomic mass is 10.1. The molecule has 1 heterocycles. The quantitative estimate of drug-likeness (QED) is 0.878. The predicted molar refractivity (Wildman–Crippen MR) is 62.3 cm³/mol. The van der Waals surface area contributed by atoms with E-state index in [2.05, 4.69) is 27.8 Å². The highest BCUT2D eigenvalue weighted by molar-refractivity contribution is 9.10. The van der Waals surface area contributed by atoms with Gasteiger partial charge in [-0.05, 0) is 46.1 Å². The van der Waals surface area contributed by atoms with Gasteiger partial charge in [-0.15, -0.1) is 0 Å². The van der Waals surface area contributed by atoms with E-state index < -0.39 is 5.97 Å². The number of aromatic amines is 1. The molecular formula is C11H10BrNO2. The number of aromatic nitrogens is 1. The van der Waals surface area contributed by atoms with E-state index >= 15 is 0 Å². The zero-order chi connectivity index (χ0) is 11.0. The number of hydrogen-bond donors (Lipinski definition) is 2. The number of carboxylic acid groups (broad SMARTS) is 1. The van der Waals surface area contributed by atoms with Crippen molar-refractivity contribution in [1.29, 1.82) is 0 Å². The molecule has 0 fully saturated rings. The second-order valence-corrected chi connectivity index (χ2v) is 4.24. The summed E-state index contributed by atoms with van der Waals surface area (Å²) < 4.78 is 0.907. The van der Waals surface area contributed by atoms with Crippen molar-refractivity contribution in [3.63, 3.8) is 0 Å². The van der Waals surface area contributed by atoms with Gasteiger partial charge in [0.25, 0.3) is 0 Å². The minimum Gasteiger partial charge on any atom is -0.477 e. The van der Waals surface area contributed by atoms with Gasteiger partial charge in [0.2, 0.25) is 0 Å². The second-order valence-electron chi connectivity index (χ2n) is 3.38. The van der Waals surface area contributed by atoms with E-state index in [1.54, 1.807) is 6.07 Å². The lowest BCUT2D eigenvalue weighted by molar-refractivity contribution is 0.0691. The van der Waals surface area contributed by atoms with Crippen LogP contribution in [0.5, 0.6) is 0 Å². The topological polar surface area (TPSA) is 53.1 Å². The summed E-state index contributed by atoms with van der Waals surface area (Å²) in [5.41, 5.74) is 2.24. The first kappa shape index (κ1) is 10.2. The molecule has 0 aliphatic heterocycles. The molecule has 0 aliphatic rings. The van der Waals surface area contributed by atoms with Crippen LogP contribution >= 0.6 is 15.9 Å². The summed E-state index contributed by atoms with van der Waals surface area (Å²) in [6.45, 7) is 2.07. The van der Waals surface area contributed by atoms with Gasteiger partial charge >= 0.3 is 5.97 Å². The number of carbonyl (C=O) groups is 1. The van der Waals surface area contributed by atoms with Crippen LogP contribution < -0.4 is 0 Å². The van der Waals surface area contributed by atoms with Crippen LogP contribution in [0.15, 0.2) is 22.7 Å². The molecule has 4 heteroatoms. The minimum atomic E-state index is -0.934. The normalized spacial score (nSPS) is 10.8. The van der Waals surface area contributed by atoms with Crippen LogP contribution in [0.3, 0.4) is 0 Å². The van der Waals surface area contributed by atoms with E-state index in [-0.39, 0.29) is 5.69 Å². The molecule has 3 nitrogen and oxygen atoms in total. The average molecular weight is 268 g/mol. The van der Waals surface area contributed by atoms with Crippen molar-refractivity contribution in [1.82, 2.24) is 4.98 Å². The van der Waals surface area contributed by atoms with Gasteiger partial charge in [0.1, 0.15) is 5.69 Å². The molecule has 0 saturated heterocycles. The number of hydrogen-bond acceptors (Lipinski definition) is 1. The van der Waals surface area contributed by atoms with Crippen LogP contribution in [0.25, 0.3) is 10.9 Å². The number of halogens is 1. The standard InChI is InChI=1S/C11H10BrNO2/c1-2-6-3-7-5-9(11(14)15)13-10(7)8(12)4-6/h3-5,13H,2H2,1H3,(H,14,15). The Balaban J connectivity index is 2.69. The first-order chi connectivity index (χ1) is 7.11. The summed E-state index contributed by atoms with van der Waals surface area (Å²) >= 11 is 3.43. The lowest BCUT2D eigenvalue weighted by Gasteiger charge is -1.99. The zero-order valence-corrected chi connectivity index (χ0v) is 9.76. The molecule has 0 unspecified atom stereocenters. The molecular weight excluding hydrogens is 258 g/mol. The highest BCUT2D eigenvalue weighted by atomic mass is 79.9. The molecule has 0 atom stereocenters. The number of rotatable bonds is 2. The maximum absolute atomic E-state index is 10.8. The summed E-state index contributed by atoms with van der Waals surface area (Å²) in [6.07, 6.45) is 0.933. The Morgan fingerprint density at radius 1 is 1.47 bits per heavy atom. The van der Waals surface area contributed by atoms with E-state index in [0.717, 1.165) is 21.8 Å². The fraction of sp³-hybridized carbons (Fsp3) is 0.182. The highest BCUT2D eigenvalue weighted by Crippen LogP contribution is 2.26. The Morgan fingerprint density at radius 3 is 2.80 bits per heavy atom. The summed E-state index contributed by atoms with van der Waals surface area (Å²) in [6, 6.07) is 5.66. The smallest absolute Gasteiger partial charge is 0.352 e. The van der Waals surface area contributed by atoms with Gasteiger partial charge < -0.3 is 10.1 Å². The van der Waals surface area contributed by atoms with Gasteiger partial charge in [0.15, 0.2) is 0 Å². The predicted octanol–water partition coefficient (Wildman–Crippen LogP) is 3.19. The van der Waals surface area contributed by atoms with Gasteiger partial charge in [-0.25, -0.2) is 4.79 Å². The second kappa shape index (κ2) is 3.70. The Hall–Kier alpha value is -1.29. The third-order valence-corrected chi connectivity index (χ3v) is 3.00. The van der Waals surface area contributed by atoms with E-state index in [1.807, 2.05) is 12.1 Å². The fourth-order valence-electron chi connectivity index (χ4n) is 1.58. The van der Waals surface area contributed by atoms with Crippen molar-refractivity contribution < 1.29 is 9.90 Å². The number of fused-ring (bicyclic) bond motifs is 1. The maximum Gasteiger partial charge on any atom is 0.352 e. The molecule has 2 rings (SSSR count). The summed E-state index contributed by atoms with van der Waals surface area (Å²) in [5.74, 6) is -0.934. The van der Waals surface area contributed by atoms with Crippen molar-refractivity contribution >= 4 is 32.8 Å². The van der Waals surface area contributed by atoms with E-state index in [1.165, 1.54) is 5.56 Å². The van der Waals surface area contributed by atoms with Gasteiger partial charge in [-0.2, -0.15) is 0 Å². The zero-order valence-electron chi connectivity index (χ0n) is 8.17. The van der Waals surface area contributed by atoms with Crippen molar-refractivity contribution in [2.45, 2.75) is 13.3 Å². The molecule has 1 aromatic carbocycles. The molecule has 15 heavy (non-hydrogen) atoms. The van der Waals surface area contributed by atoms with Crippen LogP contribution in [0, 0.1) is 0 Å². The highest BCUT2D eigenvalue weighted by Gasteiger charge is 2.09. The molecule has 0 spiro atoms. The van der Waals surface area contributed by atoms with Crippen molar-refractivity contribution in [3.05, 3.63) is 33.9 Å². The largest absolute Gasteiger partial charge is 0.477 e. The Bertz CT molecular complexity index is 531. The number of carboxylic acids is 1. The van der Waals surface area contributed by atoms with Crippen LogP contribution in [0.1, 0.15) is 23.0 Å². The first-order valence-corrected chi connectivity index (χ1v) is 5.45. The van der Waals surface area contributed by atoms with E-state index in [0.29, 0.717) is 0 Å². The van der Waals surface area contributed by atoms with Crippen molar-refractivity contribution in [2.75, 3.05) is 0 Å². The third-order valence-electron chi connectivity index (χ3n) is 2.38. The molecule has 2 aromatic rings. The maximum atomic E-state index is 10.8. The Labute approximate surface area is 95.2 Å². The molecule has 1 aromatic heterocycles. The third kappa shape index (κ3) is 1.77. The van der Waals surface area contributed by atoms with Gasteiger partial charge in [-0.1, -0.05) is 6.92 Å². The monoisotopic (exact) mass is 267 g/mol. The molecule has 0 saturated carbocycles. The molecule has 0 aliphatic carbocycles. The number of H-pyrrole nitrogens is 1. The van der Waals surface area contributed by atoms with Crippen LogP contribution in [-0.4, -0.2) is 16.1 Å². The van der Waals surface area contributed by atoms with Crippen LogP contribution in [0.2, 0.25) is 0 Å². The van der Waals surface area contributed by atoms with E-state index in [4.69, 9.17) is 5.11 Å². The number of aromatic carboxylic acids is 1. The lowest BCUT2D eigenvalue weighted by Crippen LogP contribution is -1.94. The van der Waals surface area contributed by atoms with Crippen molar-refractivity contribution in [3.8, 4) is 0 Å². The molecule has 0 radical (unpaired) electrons. The number of benzene rings is 1. The molecule has 0 bridgehead atoms. The number of nitrogens with one attached hydrogen (secondary N) is 1. The minimum absolute atomic E-state index is 0.221. The Kier molecular flexibility index (Phi) is 2.52. The van der Waals surface area contributed by atoms with E-state index in [9.17, 15) is 4.79 Å². The van der Waals surface area contributed by atoms with Crippen LogP contribution in [-0.2, 0) is 6.42 Å². The van der Waals surface area contributed by atoms with Gasteiger partial charge in [0.05, 0.1) is 5.52 Å². The summed E-state index contributed by atoms with van der Waals surface area (Å²) in [5, 5.41) is 9.79. The fourth-order valence-corrected chi connectivity index (χ4v) is 2.20. The molecule has 0 amide bonds. The summed E-state index contributed by atoms with van der Waals surface area (Å²) in [7, 11) is 0. The average Bonchev–Trinajstić information content (AvgIpc) is 2.61. The molecule has 78 valence electrons. The van der Waals surface area contributed by atoms with Crippen molar-refractivity contribution in [2.24, 2.45) is 0 Å². The van der Waals surface area contributed by atoms with Crippen LogP contribution in [0.4, 0.5) is 0 Å². The SMILES string of the molecule is CCc1cc(Br)c2[nH]c(C(=O)O)cc2c1. The van der Waals surface area contributed by atoms with Gasteiger partial charge in [0, 0.05) is 9.86 Å². The Morgan fingerprint density at radius 2 is 2.20 bits per heavy atom.